The number of hydrogen-bond donors (Lipinski definition) is 2. The standard InChI is InChI=1S/C11H15FN2O3S/c12-9-4-1-5-10(13)11(9)18(16,17)14-6-2-3-8(14)7-15/h1,4-5,8,15H,2-3,6-7,13H2/t8-/m0/s1. The van der Waals surface area contributed by atoms with Crippen molar-refractivity contribution in [2.45, 2.75) is 23.8 Å². The summed E-state index contributed by atoms with van der Waals surface area (Å²) in [7, 11) is -3.99. The Bertz CT molecular complexity index is 527. The van der Waals surface area contributed by atoms with Crippen LogP contribution in [0.5, 0.6) is 0 Å². The molecule has 0 unspecified atom stereocenters. The van der Waals surface area contributed by atoms with Crippen LogP contribution in [0.1, 0.15) is 12.8 Å². The zero-order chi connectivity index (χ0) is 13.3. The first-order valence-electron chi connectivity index (χ1n) is 5.65. The van der Waals surface area contributed by atoms with Gasteiger partial charge in [-0.1, -0.05) is 6.07 Å². The monoisotopic (exact) mass is 274 g/mol. The molecule has 0 amide bonds. The molecule has 0 aliphatic carbocycles. The van der Waals surface area contributed by atoms with E-state index in [1.165, 1.54) is 12.1 Å². The summed E-state index contributed by atoms with van der Waals surface area (Å²) in [6, 6.07) is 3.28. The maximum Gasteiger partial charge on any atom is 0.248 e. The predicted molar refractivity (Wildman–Crippen MR) is 64.8 cm³/mol. The van der Waals surface area contributed by atoms with Gasteiger partial charge in [-0.25, -0.2) is 12.8 Å². The number of sulfonamides is 1. The van der Waals surface area contributed by atoms with Crippen molar-refractivity contribution < 1.29 is 17.9 Å². The van der Waals surface area contributed by atoms with Crippen LogP contribution in [-0.2, 0) is 10.0 Å². The number of nitrogens with zero attached hydrogens (tertiary/aromatic N) is 1. The Hall–Kier alpha value is -1.18. The molecule has 2 rings (SSSR count). The summed E-state index contributed by atoms with van der Waals surface area (Å²) in [5.41, 5.74) is 5.44. The molecule has 0 radical (unpaired) electrons. The van der Waals surface area contributed by atoms with Crippen molar-refractivity contribution in [1.29, 1.82) is 0 Å². The van der Waals surface area contributed by atoms with Gasteiger partial charge in [-0.3, -0.25) is 0 Å². The van der Waals surface area contributed by atoms with E-state index in [2.05, 4.69) is 0 Å². The van der Waals surface area contributed by atoms with E-state index in [0.29, 0.717) is 12.8 Å². The van der Waals surface area contributed by atoms with Crippen molar-refractivity contribution in [2.75, 3.05) is 18.9 Å². The van der Waals surface area contributed by atoms with E-state index in [1.54, 1.807) is 0 Å². The van der Waals surface area contributed by atoms with Gasteiger partial charge in [0.15, 0.2) is 0 Å². The summed E-state index contributed by atoms with van der Waals surface area (Å²) < 4.78 is 39.5. The maximum atomic E-state index is 13.7. The SMILES string of the molecule is Nc1cccc(F)c1S(=O)(=O)N1CCC[C@H]1CO. The second-order valence-electron chi connectivity index (χ2n) is 4.25. The van der Waals surface area contributed by atoms with Crippen LogP contribution in [0, 0.1) is 5.82 Å². The number of nitrogen functional groups attached to an aromatic ring is 1. The molecule has 18 heavy (non-hydrogen) atoms. The average Bonchev–Trinajstić information content (AvgIpc) is 2.77. The van der Waals surface area contributed by atoms with E-state index >= 15 is 0 Å². The van der Waals surface area contributed by atoms with Gasteiger partial charge in [0.2, 0.25) is 10.0 Å². The van der Waals surface area contributed by atoms with Gasteiger partial charge in [-0.2, -0.15) is 4.31 Å². The van der Waals surface area contributed by atoms with Crippen molar-refractivity contribution in [3.8, 4) is 0 Å². The lowest BCUT2D eigenvalue weighted by atomic mass is 10.2. The first-order chi connectivity index (χ1) is 8.48. The molecule has 1 heterocycles. The zero-order valence-electron chi connectivity index (χ0n) is 9.71. The van der Waals surface area contributed by atoms with E-state index in [9.17, 15) is 12.8 Å². The third-order valence-corrected chi connectivity index (χ3v) is 5.14. The van der Waals surface area contributed by atoms with Crippen molar-refractivity contribution in [2.24, 2.45) is 0 Å². The smallest absolute Gasteiger partial charge is 0.248 e. The predicted octanol–water partition coefficient (Wildman–Crippen LogP) is 0.553. The largest absolute Gasteiger partial charge is 0.398 e. The minimum absolute atomic E-state index is 0.112. The highest BCUT2D eigenvalue weighted by atomic mass is 32.2. The Morgan fingerprint density at radius 2 is 2.22 bits per heavy atom. The van der Waals surface area contributed by atoms with E-state index < -0.39 is 26.8 Å². The molecule has 0 bridgehead atoms. The molecule has 0 spiro atoms. The van der Waals surface area contributed by atoms with Crippen LogP contribution < -0.4 is 5.73 Å². The molecule has 100 valence electrons. The van der Waals surface area contributed by atoms with Crippen LogP contribution in [-0.4, -0.2) is 37.0 Å². The Kier molecular flexibility index (Phi) is 3.56. The van der Waals surface area contributed by atoms with Gasteiger partial charge < -0.3 is 10.8 Å². The topological polar surface area (TPSA) is 83.6 Å². The number of halogens is 1. The minimum Gasteiger partial charge on any atom is -0.398 e. The summed E-state index contributed by atoms with van der Waals surface area (Å²) in [4.78, 5) is -0.495. The van der Waals surface area contributed by atoms with Crippen LogP contribution in [0.2, 0.25) is 0 Å². The van der Waals surface area contributed by atoms with Crippen LogP contribution in [0.4, 0.5) is 10.1 Å². The second kappa shape index (κ2) is 4.83. The van der Waals surface area contributed by atoms with Gasteiger partial charge >= 0.3 is 0 Å². The highest BCUT2D eigenvalue weighted by Crippen LogP contribution is 2.30. The van der Waals surface area contributed by atoms with Crippen molar-refractivity contribution in [3.63, 3.8) is 0 Å². The number of hydrogen-bond acceptors (Lipinski definition) is 4. The molecule has 1 aliphatic heterocycles. The van der Waals surface area contributed by atoms with E-state index in [1.807, 2.05) is 0 Å². The summed E-state index contributed by atoms with van der Waals surface area (Å²) in [6.07, 6.45) is 1.23. The molecule has 1 aromatic rings. The first-order valence-corrected chi connectivity index (χ1v) is 7.09. The molecule has 5 nitrogen and oxygen atoms in total. The molecule has 1 atom stereocenters. The summed E-state index contributed by atoms with van der Waals surface area (Å²) in [6.45, 7) is 0.00885. The lowest BCUT2D eigenvalue weighted by molar-refractivity contribution is 0.213. The Morgan fingerprint density at radius 3 is 2.83 bits per heavy atom. The highest BCUT2D eigenvalue weighted by Gasteiger charge is 2.37. The van der Waals surface area contributed by atoms with Gasteiger partial charge in [0.05, 0.1) is 12.3 Å². The molecule has 7 heteroatoms. The maximum absolute atomic E-state index is 13.7. The summed E-state index contributed by atoms with van der Waals surface area (Å²) in [5, 5.41) is 9.15. The Labute approximate surface area is 105 Å². The Morgan fingerprint density at radius 1 is 1.50 bits per heavy atom. The first kappa shape index (κ1) is 13.3. The fourth-order valence-electron chi connectivity index (χ4n) is 2.22. The van der Waals surface area contributed by atoms with Crippen molar-refractivity contribution in [3.05, 3.63) is 24.0 Å². The molecule has 1 aromatic carbocycles. The summed E-state index contributed by atoms with van der Waals surface area (Å²) in [5.74, 6) is -0.862. The quantitative estimate of drug-likeness (QED) is 0.789. The van der Waals surface area contributed by atoms with Crippen LogP contribution in [0.3, 0.4) is 0 Å². The summed E-state index contributed by atoms with van der Waals surface area (Å²) >= 11 is 0. The highest BCUT2D eigenvalue weighted by molar-refractivity contribution is 7.89. The van der Waals surface area contributed by atoms with Crippen molar-refractivity contribution >= 4 is 15.7 Å². The fourth-order valence-corrected chi connectivity index (χ4v) is 4.07. The number of nitrogens with two attached hydrogens (primary N) is 1. The minimum atomic E-state index is -3.99. The van der Waals surface area contributed by atoms with E-state index in [-0.39, 0.29) is 18.8 Å². The Balaban J connectivity index is 2.49. The fraction of sp³-hybridized carbons (Fsp3) is 0.455. The number of aliphatic hydroxyl groups excluding tert-OH is 1. The van der Waals surface area contributed by atoms with Crippen LogP contribution in [0.15, 0.2) is 23.1 Å². The number of rotatable bonds is 3. The molecule has 3 N–H and O–H groups in total. The van der Waals surface area contributed by atoms with E-state index in [4.69, 9.17) is 10.8 Å². The molecule has 1 fully saturated rings. The van der Waals surface area contributed by atoms with Gasteiger partial charge in [0.25, 0.3) is 0 Å². The van der Waals surface area contributed by atoms with Gasteiger partial charge in [0, 0.05) is 12.6 Å². The molecule has 0 saturated carbocycles. The zero-order valence-corrected chi connectivity index (χ0v) is 10.5. The van der Waals surface area contributed by atoms with Crippen LogP contribution in [0.25, 0.3) is 0 Å². The average molecular weight is 274 g/mol. The normalized spacial score (nSPS) is 21.3. The van der Waals surface area contributed by atoms with Gasteiger partial charge in [0.1, 0.15) is 10.7 Å². The van der Waals surface area contributed by atoms with Crippen molar-refractivity contribution in [1.82, 2.24) is 4.31 Å². The molecule has 1 saturated heterocycles. The molecule has 0 aromatic heterocycles. The van der Waals surface area contributed by atoms with Gasteiger partial charge in [-0.05, 0) is 25.0 Å². The lowest BCUT2D eigenvalue weighted by Gasteiger charge is -2.23. The van der Waals surface area contributed by atoms with E-state index in [0.717, 1.165) is 10.4 Å². The molecular weight excluding hydrogens is 259 g/mol. The number of anilines is 1. The second-order valence-corrected chi connectivity index (χ2v) is 6.08. The van der Waals surface area contributed by atoms with Gasteiger partial charge in [-0.15, -0.1) is 0 Å². The number of benzene rings is 1. The third kappa shape index (κ3) is 2.09. The number of aliphatic hydroxyl groups is 1. The molecule has 1 aliphatic rings. The van der Waals surface area contributed by atoms with Crippen LogP contribution >= 0.6 is 0 Å². The molecular formula is C11H15FN2O3S. The lowest BCUT2D eigenvalue weighted by Crippen LogP contribution is -2.38. The third-order valence-electron chi connectivity index (χ3n) is 3.10.